The summed E-state index contributed by atoms with van der Waals surface area (Å²) < 4.78 is 16.3. The van der Waals surface area contributed by atoms with Gasteiger partial charge in [-0.1, -0.05) is 23.7 Å². The molecular formula is C21H18ClFN6O2. The number of hydrogen-bond donors (Lipinski definition) is 3. The van der Waals surface area contributed by atoms with Crippen molar-refractivity contribution in [2.75, 3.05) is 11.1 Å². The van der Waals surface area contributed by atoms with E-state index in [2.05, 4.69) is 20.4 Å². The van der Waals surface area contributed by atoms with Gasteiger partial charge in [0, 0.05) is 10.7 Å². The van der Waals surface area contributed by atoms with Gasteiger partial charge in [-0.05, 0) is 49.7 Å². The summed E-state index contributed by atoms with van der Waals surface area (Å²) in [6.45, 7) is 3.46. The molecule has 0 aliphatic carbocycles. The normalized spacial score (nSPS) is 12.2. The van der Waals surface area contributed by atoms with Gasteiger partial charge in [-0.15, -0.1) is 0 Å². The van der Waals surface area contributed by atoms with Crippen molar-refractivity contribution in [3.05, 3.63) is 70.4 Å². The van der Waals surface area contributed by atoms with Crippen LogP contribution >= 0.6 is 11.6 Å². The van der Waals surface area contributed by atoms with Gasteiger partial charge < -0.3 is 16.2 Å². The average Bonchev–Trinajstić information content (AvgIpc) is 3.04. The van der Waals surface area contributed by atoms with E-state index in [1.807, 2.05) is 0 Å². The Bertz CT molecular complexity index is 1320. The third-order valence-electron chi connectivity index (χ3n) is 4.68. The molecule has 0 aliphatic rings. The Hall–Kier alpha value is -3.56. The van der Waals surface area contributed by atoms with Gasteiger partial charge in [0.25, 0.3) is 5.91 Å². The number of anilines is 2. The summed E-state index contributed by atoms with van der Waals surface area (Å²) in [6, 6.07) is 10.4. The molecule has 0 spiro atoms. The largest absolute Gasteiger partial charge is 0.382 e. The van der Waals surface area contributed by atoms with Gasteiger partial charge in [-0.25, -0.2) is 19.0 Å². The van der Waals surface area contributed by atoms with Crippen molar-refractivity contribution in [1.29, 1.82) is 0 Å². The summed E-state index contributed by atoms with van der Waals surface area (Å²) in [5.41, 5.74) is 8.14. The van der Waals surface area contributed by atoms with Gasteiger partial charge in [0.15, 0.2) is 17.7 Å². The molecule has 10 heteroatoms. The molecule has 158 valence electrons. The first-order valence-electron chi connectivity index (χ1n) is 9.28. The number of amides is 1. The lowest BCUT2D eigenvalue weighted by Crippen LogP contribution is -2.21. The monoisotopic (exact) mass is 440 g/mol. The molecule has 31 heavy (non-hydrogen) atoms. The number of nitrogen functional groups attached to an aromatic ring is 1. The molecule has 2 aromatic carbocycles. The van der Waals surface area contributed by atoms with E-state index >= 15 is 0 Å². The molecule has 2 aromatic heterocycles. The molecule has 1 unspecified atom stereocenters. The molecule has 4 rings (SSSR count). The minimum absolute atomic E-state index is 0.116. The van der Waals surface area contributed by atoms with Crippen LogP contribution in [0.25, 0.3) is 16.7 Å². The van der Waals surface area contributed by atoms with Crippen LogP contribution in [0.1, 0.15) is 23.2 Å². The Morgan fingerprint density at radius 1 is 1.23 bits per heavy atom. The van der Waals surface area contributed by atoms with Crippen LogP contribution in [0.2, 0.25) is 5.02 Å². The summed E-state index contributed by atoms with van der Waals surface area (Å²) in [7, 11) is 0. The zero-order chi connectivity index (χ0) is 22.3. The summed E-state index contributed by atoms with van der Waals surface area (Å²) in [5, 5.41) is 17.5. The maximum atomic E-state index is 14.9. The number of halogens is 2. The number of aliphatic hydroxyl groups excluding tert-OH is 1. The fourth-order valence-electron chi connectivity index (χ4n) is 3.27. The Kier molecular flexibility index (Phi) is 5.30. The minimum atomic E-state index is -1.46. The molecule has 1 amide bonds. The standard InChI is InChI=1S/C21H18ClFN6O2/c1-10-17-18(20(24)26-11(2)25-17)29(28-10)16-7-6-14(9-15(16)23)27-21(31)19(30)12-4-3-5-13(22)8-12/h3-9,19,30H,1-2H3,(H,27,31)(H2,24,25,26). The first-order valence-corrected chi connectivity index (χ1v) is 9.66. The molecule has 0 bridgehead atoms. The number of carbonyl (C=O) groups excluding carboxylic acids is 1. The van der Waals surface area contributed by atoms with Gasteiger partial charge in [-0.2, -0.15) is 5.10 Å². The van der Waals surface area contributed by atoms with E-state index in [1.165, 1.54) is 22.9 Å². The van der Waals surface area contributed by atoms with Crippen LogP contribution in [0.15, 0.2) is 42.5 Å². The van der Waals surface area contributed by atoms with Crippen LogP contribution in [-0.2, 0) is 4.79 Å². The van der Waals surface area contributed by atoms with Crippen LogP contribution in [0.4, 0.5) is 15.9 Å². The van der Waals surface area contributed by atoms with E-state index in [-0.39, 0.29) is 17.2 Å². The second-order valence-electron chi connectivity index (χ2n) is 6.96. The first kappa shape index (κ1) is 20.7. The predicted octanol–water partition coefficient (Wildman–Crippen LogP) is 3.48. The topological polar surface area (TPSA) is 119 Å². The van der Waals surface area contributed by atoms with E-state index in [0.29, 0.717) is 33.1 Å². The number of nitrogens with two attached hydrogens (primary N) is 1. The number of rotatable bonds is 4. The Morgan fingerprint density at radius 3 is 2.71 bits per heavy atom. The zero-order valence-electron chi connectivity index (χ0n) is 16.6. The molecule has 2 heterocycles. The highest BCUT2D eigenvalue weighted by atomic mass is 35.5. The zero-order valence-corrected chi connectivity index (χ0v) is 17.4. The van der Waals surface area contributed by atoms with Crippen molar-refractivity contribution < 1.29 is 14.3 Å². The molecule has 0 saturated heterocycles. The van der Waals surface area contributed by atoms with Gasteiger partial charge in [0.05, 0.1) is 5.69 Å². The molecule has 0 saturated carbocycles. The van der Waals surface area contributed by atoms with Crippen molar-refractivity contribution in [3.63, 3.8) is 0 Å². The highest BCUT2D eigenvalue weighted by Gasteiger charge is 2.20. The summed E-state index contributed by atoms with van der Waals surface area (Å²) in [6.07, 6.45) is -1.46. The second kappa shape index (κ2) is 7.93. The number of fused-ring (bicyclic) bond motifs is 1. The third kappa shape index (κ3) is 3.92. The van der Waals surface area contributed by atoms with Gasteiger partial charge >= 0.3 is 0 Å². The number of aliphatic hydroxyl groups is 1. The molecule has 8 nitrogen and oxygen atoms in total. The van der Waals surface area contributed by atoms with Crippen molar-refractivity contribution >= 4 is 40.0 Å². The van der Waals surface area contributed by atoms with Crippen LogP contribution in [0.3, 0.4) is 0 Å². The number of nitrogens with one attached hydrogen (secondary N) is 1. The average molecular weight is 441 g/mol. The number of carbonyl (C=O) groups is 1. The fraction of sp³-hybridized carbons (Fsp3) is 0.143. The van der Waals surface area contributed by atoms with Crippen molar-refractivity contribution in [2.45, 2.75) is 20.0 Å². The molecule has 0 fully saturated rings. The van der Waals surface area contributed by atoms with E-state index in [4.69, 9.17) is 17.3 Å². The summed E-state index contributed by atoms with van der Waals surface area (Å²) in [4.78, 5) is 20.8. The minimum Gasteiger partial charge on any atom is -0.382 e. The lowest BCUT2D eigenvalue weighted by Gasteiger charge is -2.13. The number of nitrogens with zero attached hydrogens (tertiary/aromatic N) is 4. The van der Waals surface area contributed by atoms with E-state index in [9.17, 15) is 14.3 Å². The lowest BCUT2D eigenvalue weighted by atomic mass is 10.1. The van der Waals surface area contributed by atoms with Crippen molar-refractivity contribution in [1.82, 2.24) is 19.7 Å². The molecule has 4 N–H and O–H groups in total. The summed E-state index contributed by atoms with van der Waals surface area (Å²) >= 11 is 5.89. The Morgan fingerprint density at radius 2 is 2.00 bits per heavy atom. The number of aromatic nitrogens is 4. The van der Waals surface area contributed by atoms with Crippen molar-refractivity contribution in [2.24, 2.45) is 0 Å². The van der Waals surface area contributed by atoms with Crippen LogP contribution in [-0.4, -0.2) is 30.8 Å². The second-order valence-corrected chi connectivity index (χ2v) is 7.40. The van der Waals surface area contributed by atoms with Crippen molar-refractivity contribution in [3.8, 4) is 5.69 Å². The molecule has 0 radical (unpaired) electrons. The van der Waals surface area contributed by atoms with Crippen LogP contribution in [0, 0.1) is 19.7 Å². The Balaban J connectivity index is 1.64. The highest BCUT2D eigenvalue weighted by Crippen LogP contribution is 2.27. The molecule has 4 aromatic rings. The summed E-state index contributed by atoms with van der Waals surface area (Å²) in [5.74, 6) is -0.698. The number of benzene rings is 2. The quantitative estimate of drug-likeness (QED) is 0.447. The lowest BCUT2D eigenvalue weighted by molar-refractivity contribution is -0.124. The third-order valence-corrected chi connectivity index (χ3v) is 4.92. The smallest absolute Gasteiger partial charge is 0.257 e. The van der Waals surface area contributed by atoms with Gasteiger partial charge in [0.1, 0.15) is 22.5 Å². The van der Waals surface area contributed by atoms with E-state index in [0.717, 1.165) is 6.07 Å². The van der Waals surface area contributed by atoms with E-state index < -0.39 is 17.8 Å². The molecule has 1 atom stereocenters. The predicted molar refractivity (Wildman–Crippen MR) is 116 cm³/mol. The van der Waals surface area contributed by atoms with Crippen LogP contribution in [0.5, 0.6) is 0 Å². The maximum Gasteiger partial charge on any atom is 0.257 e. The first-order chi connectivity index (χ1) is 14.7. The SMILES string of the molecule is Cc1nc(N)c2c(n1)c(C)nn2-c1ccc(NC(=O)C(O)c2cccc(Cl)c2)cc1F. The van der Waals surface area contributed by atoms with E-state index in [1.54, 1.807) is 32.0 Å². The molecule has 0 aliphatic heterocycles. The number of hydrogen-bond acceptors (Lipinski definition) is 6. The maximum absolute atomic E-state index is 14.9. The fourth-order valence-corrected chi connectivity index (χ4v) is 3.46. The number of aryl methyl sites for hydroxylation is 2. The van der Waals surface area contributed by atoms with Gasteiger partial charge in [-0.3, -0.25) is 4.79 Å². The highest BCUT2D eigenvalue weighted by molar-refractivity contribution is 6.30. The van der Waals surface area contributed by atoms with Crippen LogP contribution < -0.4 is 11.1 Å². The van der Waals surface area contributed by atoms with Gasteiger partial charge in [0.2, 0.25) is 0 Å². The Labute approximate surface area is 181 Å². The molecular weight excluding hydrogens is 423 g/mol.